The van der Waals surface area contributed by atoms with Crippen LogP contribution < -0.4 is 0 Å². The number of carbonyl (C=O) groups excluding carboxylic acids is 1. The highest BCUT2D eigenvalue weighted by atomic mass is 32.2. The zero-order valence-corrected chi connectivity index (χ0v) is 13.4. The molecule has 1 saturated heterocycles. The molecule has 3 nitrogen and oxygen atoms in total. The molecule has 0 aromatic heterocycles. The summed E-state index contributed by atoms with van der Waals surface area (Å²) in [7, 11) is 0. The summed E-state index contributed by atoms with van der Waals surface area (Å²) in [5.41, 5.74) is 1.25. The number of benzene rings is 1. The number of amides is 1. The highest BCUT2D eigenvalue weighted by Crippen LogP contribution is 2.25. The lowest BCUT2D eigenvalue weighted by molar-refractivity contribution is -0.132. The van der Waals surface area contributed by atoms with Crippen LogP contribution in [-0.4, -0.2) is 53.7 Å². The molecule has 4 heteroatoms. The van der Waals surface area contributed by atoms with E-state index in [1.807, 2.05) is 11.8 Å². The number of piperazine rings is 1. The average molecular weight is 292 g/mol. The summed E-state index contributed by atoms with van der Waals surface area (Å²) in [6.07, 6.45) is 0. The Hall–Kier alpha value is -1.00. The Balaban J connectivity index is 1.87. The zero-order chi connectivity index (χ0) is 14.5. The average Bonchev–Trinajstić information content (AvgIpc) is 2.49. The number of aryl methyl sites for hydroxylation is 1. The lowest BCUT2D eigenvalue weighted by atomic mass is 10.2. The van der Waals surface area contributed by atoms with Crippen LogP contribution in [0, 0.1) is 6.92 Å². The van der Waals surface area contributed by atoms with Crippen LogP contribution in [0.3, 0.4) is 0 Å². The predicted molar refractivity (Wildman–Crippen MR) is 85.2 cm³/mol. The Morgan fingerprint density at radius 1 is 1.20 bits per heavy atom. The second-order valence-corrected chi connectivity index (χ2v) is 6.75. The number of hydrogen-bond acceptors (Lipinski definition) is 3. The second kappa shape index (κ2) is 7.14. The van der Waals surface area contributed by atoms with Gasteiger partial charge in [0.15, 0.2) is 0 Å². The highest BCUT2D eigenvalue weighted by molar-refractivity contribution is 8.00. The van der Waals surface area contributed by atoms with Gasteiger partial charge in [-0.2, -0.15) is 0 Å². The van der Waals surface area contributed by atoms with Gasteiger partial charge in [0, 0.05) is 31.1 Å². The Morgan fingerprint density at radius 2 is 1.80 bits per heavy atom. The smallest absolute Gasteiger partial charge is 0.235 e. The number of likely N-dealkylation sites (N-methyl/N-ethyl adjacent to an activating group) is 1. The van der Waals surface area contributed by atoms with Gasteiger partial charge in [0.2, 0.25) is 5.91 Å². The molecule has 1 aromatic rings. The maximum Gasteiger partial charge on any atom is 0.235 e. The first-order valence-corrected chi connectivity index (χ1v) is 8.22. The normalized spacial score (nSPS) is 18.1. The third-order valence-electron chi connectivity index (χ3n) is 3.81. The van der Waals surface area contributed by atoms with Gasteiger partial charge in [0.1, 0.15) is 0 Å². The summed E-state index contributed by atoms with van der Waals surface area (Å²) >= 11 is 1.66. The number of nitrogens with zero attached hydrogens (tertiary/aromatic N) is 2. The molecule has 0 N–H and O–H groups in total. The fourth-order valence-electron chi connectivity index (χ4n) is 2.41. The lowest BCUT2D eigenvalue weighted by Crippen LogP contribution is -2.50. The van der Waals surface area contributed by atoms with Crippen molar-refractivity contribution in [3.05, 3.63) is 29.8 Å². The minimum absolute atomic E-state index is 0.00844. The third-order valence-corrected chi connectivity index (χ3v) is 4.91. The molecule has 0 bridgehead atoms. The third kappa shape index (κ3) is 4.00. The van der Waals surface area contributed by atoms with E-state index in [9.17, 15) is 4.79 Å². The number of rotatable bonds is 4. The van der Waals surface area contributed by atoms with Crippen LogP contribution in [0.15, 0.2) is 29.2 Å². The van der Waals surface area contributed by atoms with Gasteiger partial charge in [-0.15, -0.1) is 11.8 Å². The monoisotopic (exact) mass is 292 g/mol. The quantitative estimate of drug-likeness (QED) is 0.797. The molecule has 1 atom stereocenters. The molecule has 1 amide bonds. The van der Waals surface area contributed by atoms with Crippen LogP contribution in [0.2, 0.25) is 0 Å². The van der Waals surface area contributed by atoms with Crippen molar-refractivity contribution in [3.8, 4) is 0 Å². The Bertz CT molecular complexity index is 438. The first kappa shape index (κ1) is 15.4. The Labute approximate surface area is 126 Å². The van der Waals surface area contributed by atoms with Crippen molar-refractivity contribution >= 4 is 17.7 Å². The Morgan fingerprint density at radius 3 is 2.35 bits per heavy atom. The molecule has 1 heterocycles. The maximum absolute atomic E-state index is 12.5. The summed E-state index contributed by atoms with van der Waals surface area (Å²) in [6.45, 7) is 11.1. The van der Waals surface area contributed by atoms with Crippen molar-refractivity contribution in [3.63, 3.8) is 0 Å². The van der Waals surface area contributed by atoms with E-state index in [1.54, 1.807) is 11.8 Å². The zero-order valence-electron chi connectivity index (χ0n) is 12.6. The van der Waals surface area contributed by atoms with Crippen LogP contribution in [0.4, 0.5) is 0 Å². The molecule has 1 unspecified atom stereocenters. The van der Waals surface area contributed by atoms with E-state index < -0.39 is 0 Å². The predicted octanol–water partition coefficient (Wildman–Crippen LogP) is 2.64. The van der Waals surface area contributed by atoms with Crippen molar-refractivity contribution in [1.29, 1.82) is 0 Å². The van der Waals surface area contributed by atoms with Crippen molar-refractivity contribution in [2.75, 3.05) is 32.7 Å². The minimum atomic E-state index is -0.00844. The van der Waals surface area contributed by atoms with Gasteiger partial charge in [-0.05, 0) is 32.5 Å². The molecular weight excluding hydrogens is 268 g/mol. The van der Waals surface area contributed by atoms with Gasteiger partial charge in [-0.1, -0.05) is 24.6 Å². The molecule has 1 aliphatic heterocycles. The van der Waals surface area contributed by atoms with E-state index >= 15 is 0 Å². The molecule has 0 radical (unpaired) electrons. The molecule has 1 aromatic carbocycles. The van der Waals surface area contributed by atoms with E-state index in [4.69, 9.17) is 0 Å². The molecule has 0 spiro atoms. The minimum Gasteiger partial charge on any atom is -0.339 e. The van der Waals surface area contributed by atoms with Gasteiger partial charge in [-0.3, -0.25) is 4.79 Å². The topological polar surface area (TPSA) is 23.6 Å². The molecule has 1 fully saturated rings. The van der Waals surface area contributed by atoms with Crippen molar-refractivity contribution in [2.24, 2.45) is 0 Å². The van der Waals surface area contributed by atoms with Crippen molar-refractivity contribution in [1.82, 2.24) is 9.80 Å². The van der Waals surface area contributed by atoms with E-state index in [2.05, 4.69) is 43.0 Å². The first-order valence-electron chi connectivity index (χ1n) is 7.34. The summed E-state index contributed by atoms with van der Waals surface area (Å²) in [4.78, 5) is 18.0. The largest absolute Gasteiger partial charge is 0.339 e. The van der Waals surface area contributed by atoms with Crippen molar-refractivity contribution < 1.29 is 4.79 Å². The van der Waals surface area contributed by atoms with Gasteiger partial charge in [0.05, 0.1) is 5.25 Å². The molecule has 2 rings (SSSR count). The fraction of sp³-hybridized carbons (Fsp3) is 0.562. The van der Waals surface area contributed by atoms with Crippen LogP contribution in [0.1, 0.15) is 19.4 Å². The summed E-state index contributed by atoms with van der Waals surface area (Å²) < 4.78 is 0. The number of carbonyl (C=O) groups is 1. The number of thioether (sulfide) groups is 1. The van der Waals surface area contributed by atoms with E-state index in [1.165, 1.54) is 10.5 Å². The van der Waals surface area contributed by atoms with Gasteiger partial charge in [-0.25, -0.2) is 0 Å². The summed E-state index contributed by atoms with van der Waals surface area (Å²) in [5, 5.41) is -0.00844. The van der Waals surface area contributed by atoms with Gasteiger partial charge in [0.25, 0.3) is 0 Å². The highest BCUT2D eigenvalue weighted by Gasteiger charge is 2.24. The molecule has 0 saturated carbocycles. The van der Waals surface area contributed by atoms with E-state index in [0.29, 0.717) is 0 Å². The molecule has 110 valence electrons. The second-order valence-electron chi connectivity index (χ2n) is 5.33. The molecule has 20 heavy (non-hydrogen) atoms. The van der Waals surface area contributed by atoms with E-state index in [0.717, 1.165) is 32.7 Å². The lowest BCUT2D eigenvalue weighted by Gasteiger charge is -2.35. The summed E-state index contributed by atoms with van der Waals surface area (Å²) in [6, 6.07) is 8.39. The maximum atomic E-state index is 12.5. The fourth-order valence-corrected chi connectivity index (χ4v) is 3.36. The molecule has 0 aliphatic carbocycles. The van der Waals surface area contributed by atoms with Gasteiger partial charge < -0.3 is 9.80 Å². The van der Waals surface area contributed by atoms with Crippen LogP contribution in [-0.2, 0) is 4.79 Å². The van der Waals surface area contributed by atoms with Crippen LogP contribution in [0.5, 0.6) is 0 Å². The van der Waals surface area contributed by atoms with Crippen molar-refractivity contribution in [2.45, 2.75) is 30.9 Å². The standard InChI is InChI=1S/C16H24N2OS/c1-4-17-9-11-18(12-10-17)16(19)14(3)20-15-7-5-13(2)6-8-15/h5-8,14H,4,9-12H2,1-3H3. The van der Waals surface area contributed by atoms with E-state index in [-0.39, 0.29) is 11.2 Å². The SMILES string of the molecule is CCN1CCN(C(=O)C(C)Sc2ccc(C)cc2)CC1. The molecule has 1 aliphatic rings. The van der Waals surface area contributed by atoms with Crippen LogP contribution in [0.25, 0.3) is 0 Å². The van der Waals surface area contributed by atoms with Crippen LogP contribution >= 0.6 is 11.8 Å². The summed E-state index contributed by atoms with van der Waals surface area (Å²) in [5.74, 6) is 0.270. The number of hydrogen-bond donors (Lipinski definition) is 0. The van der Waals surface area contributed by atoms with Gasteiger partial charge >= 0.3 is 0 Å². The first-order chi connectivity index (χ1) is 9.60. The molecular formula is C16H24N2OS. The Kier molecular flexibility index (Phi) is 5.49.